The second-order valence-corrected chi connectivity index (χ2v) is 13.6. The third-order valence-electron chi connectivity index (χ3n) is 6.46. The second-order valence-electron chi connectivity index (χ2n) is 10.0. The zero-order valence-corrected chi connectivity index (χ0v) is 23.3. The number of rotatable bonds is 8. The number of aliphatic carboxylic acids is 1. The Morgan fingerprint density at radius 3 is 2.38 bits per heavy atom. The first-order valence-corrected chi connectivity index (χ1v) is 14.2. The summed E-state index contributed by atoms with van der Waals surface area (Å²) in [6.07, 6.45) is -2.74. The van der Waals surface area contributed by atoms with Gasteiger partial charge >= 0.3 is 5.97 Å². The lowest BCUT2D eigenvalue weighted by molar-refractivity contribution is -0.182. The van der Waals surface area contributed by atoms with E-state index in [0.29, 0.717) is 16.1 Å². The van der Waals surface area contributed by atoms with Crippen LogP contribution < -0.4 is 0 Å². The molecule has 1 saturated heterocycles. The molecule has 0 radical (unpaired) electrons. The van der Waals surface area contributed by atoms with Crippen LogP contribution in [0.5, 0.6) is 0 Å². The van der Waals surface area contributed by atoms with Crippen molar-refractivity contribution in [3.05, 3.63) is 69.5 Å². The molecule has 4 atom stereocenters. The smallest absolute Gasteiger partial charge is 0.306 e. The van der Waals surface area contributed by atoms with Gasteiger partial charge in [0, 0.05) is 11.1 Å². The van der Waals surface area contributed by atoms with E-state index in [9.17, 15) is 27.5 Å². The average molecular weight is 574 g/mol. The van der Waals surface area contributed by atoms with E-state index in [-0.39, 0.29) is 17.2 Å². The normalized spacial score (nSPS) is 21.6. The van der Waals surface area contributed by atoms with Gasteiger partial charge in [0.15, 0.2) is 9.84 Å². The highest BCUT2D eigenvalue weighted by atomic mass is 35.5. The van der Waals surface area contributed by atoms with Crippen LogP contribution in [0.3, 0.4) is 0 Å². The van der Waals surface area contributed by atoms with Gasteiger partial charge in [0.2, 0.25) is 0 Å². The Morgan fingerprint density at radius 2 is 1.84 bits per heavy atom. The van der Waals surface area contributed by atoms with Crippen molar-refractivity contribution in [1.82, 2.24) is 4.90 Å². The van der Waals surface area contributed by atoms with Crippen LogP contribution in [0.1, 0.15) is 63.8 Å². The molecule has 0 aromatic heterocycles. The van der Waals surface area contributed by atoms with Crippen molar-refractivity contribution in [2.24, 2.45) is 0 Å². The molecular formula is C26H30Cl2FNO6S. The lowest BCUT2D eigenvalue weighted by atomic mass is 9.89. The topological polar surface area (TPSA) is 101 Å². The van der Waals surface area contributed by atoms with Gasteiger partial charge in [-0.1, -0.05) is 48.3 Å². The number of hydrogen-bond acceptors (Lipinski definition) is 5. The number of carboxylic acids is 1. The SMILES string of the molecule is CC[C@@H](CS(=O)(=O)C(C)(C)C)N1C(=O)[C@H](CC(=O)O)O[C@H](c2cccc(Cl)c2)[C@H]1c1ccc(Cl)c(F)c1. The number of ether oxygens (including phenoxy) is 1. The van der Waals surface area contributed by atoms with Crippen LogP contribution in [-0.2, 0) is 24.2 Å². The summed E-state index contributed by atoms with van der Waals surface area (Å²) in [5.74, 6) is -3.03. The Hall–Kier alpha value is -2.20. The summed E-state index contributed by atoms with van der Waals surface area (Å²) in [6, 6.07) is 8.88. The van der Waals surface area contributed by atoms with Crippen LogP contribution in [0.2, 0.25) is 10.0 Å². The molecule has 11 heteroatoms. The number of carbonyl (C=O) groups excluding carboxylic acids is 1. The maximum Gasteiger partial charge on any atom is 0.306 e. The molecule has 1 fully saturated rings. The Balaban J connectivity index is 2.25. The van der Waals surface area contributed by atoms with Gasteiger partial charge in [-0.05, 0) is 62.6 Å². The predicted octanol–water partition coefficient (Wildman–Crippen LogP) is 5.61. The molecule has 1 aliphatic heterocycles. The molecule has 0 bridgehead atoms. The van der Waals surface area contributed by atoms with Crippen molar-refractivity contribution in [2.75, 3.05) is 5.75 Å². The molecule has 202 valence electrons. The summed E-state index contributed by atoms with van der Waals surface area (Å²) in [5, 5.41) is 9.73. The third kappa shape index (κ3) is 6.45. The Bertz CT molecular complexity index is 1280. The van der Waals surface area contributed by atoms with Crippen molar-refractivity contribution in [3.63, 3.8) is 0 Å². The zero-order chi connectivity index (χ0) is 27.7. The van der Waals surface area contributed by atoms with Gasteiger partial charge < -0.3 is 14.7 Å². The number of carbonyl (C=O) groups is 2. The van der Waals surface area contributed by atoms with Gasteiger partial charge in [0.1, 0.15) is 18.0 Å². The number of morpholine rings is 1. The molecule has 1 aliphatic rings. The molecule has 7 nitrogen and oxygen atoms in total. The van der Waals surface area contributed by atoms with Crippen molar-refractivity contribution >= 4 is 44.9 Å². The van der Waals surface area contributed by atoms with Crippen molar-refractivity contribution in [2.45, 2.75) is 69.6 Å². The Labute approximate surface area is 226 Å². The summed E-state index contributed by atoms with van der Waals surface area (Å²) >= 11 is 12.1. The van der Waals surface area contributed by atoms with E-state index < -0.39 is 63.0 Å². The fraction of sp³-hybridized carbons (Fsp3) is 0.462. The number of benzene rings is 2. The number of amides is 1. The molecular weight excluding hydrogens is 544 g/mol. The molecule has 1 heterocycles. The average Bonchev–Trinajstić information content (AvgIpc) is 2.79. The lowest BCUT2D eigenvalue weighted by Crippen LogP contribution is -2.57. The number of carboxylic acid groups (broad SMARTS) is 1. The van der Waals surface area contributed by atoms with Crippen molar-refractivity contribution in [1.29, 1.82) is 0 Å². The summed E-state index contributed by atoms with van der Waals surface area (Å²) in [5.41, 5.74) is 0.842. The number of halogens is 3. The van der Waals surface area contributed by atoms with Crippen molar-refractivity contribution in [3.8, 4) is 0 Å². The predicted molar refractivity (Wildman–Crippen MR) is 140 cm³/mol. The number of hydrogen-bond donors (Lipinski definition) is 1. The molecule has 2 aromatic rings. The lowest BCUT2D eigenvalue weighted by Gasteiger charge is -2.48. The summed E-state index contributed by atoms with van der Waals surface area (Å²) in [6.45, 7) is 6.46. The van der Waals surface area contributed by atoms with Gasteiger partial charge in [-0.25, -0.2) is 12.8 Å². The van der Waals surface area contributed by atoms with Gasteiger partial charge in [-0.15, -0.1) is 0 Å². The van der Waals surface area contributed by atoms with Crippen LogP contribution in [0, 0.1) is 5.82 Å². The minimum Gasteiger partial charge on any atom is -0.481 e. The van der Waals surface area contributed by atoms with E-state index in [2.05, 4.69) is 0 Å². The van der Waals surface area contributed by atoms with Crippen LogP contribution in [-0.4, -0.2) is 52.9 Å². The number of sulfone groups is 1. The van der Waals surface area contributed by atoms with E-state index in [1.54, 1.807) is 58.0 Å². The van der Waals surface area contributed by atoms with Crippen LogP contribution in [0.4, 0.5) is 4.39 Å². The second kappa shape index (κ2) is 11.3. The third-order valence-corrected chi connectivity index (χ3v) is 9.69. The van der Waals surface area contributed by atoms with E-state index in [1.165, 1.54) is 17.0 Å². The van der Waals surface area contributed by atoms with E-state index in [1.807, 2.05) is 0 Å². The van der Waals surface area contributed by atoms with E-state index in [0.717, 1.165) is 0 Å². The summed E-state index contributed by atoms with van der Waals surface area (Å²) in [4.78, 5) is 26.7. The van der Waals surface area contributed by atoms with Gasteiger partial charge in [0.05, 0.1) is 28.0 Å². The molecule has 0 saturated carbocycles. The standard InChI is InChI=1S/C26H30Cl2FNO6S/c1-5-18(14-37(34,35)26(2,3)4)30-23(15-9-10-19(28)20(29)12-15)24(16-7-6-8-17(27)11-16)36-21(25(30)33)13-22(31)32/h6-12,18,21,23-24H,5,13-14H2,1-4H3,(H,31,32)/t18-,21-,23+,24+/m0/s1. The molecule has 3 rings (SSSR count). The van der Waals surface area contributed by atoms with Crippen LogP contribution >= 0.6 is 23.2 Å². The molecule has 0 spiro atoms. The highest BCUT2D eigenvalue weighted by Gasteiger charge is 2.48. The maximum absolute atomic E-state index is 14.6. The fourth-order valence-corrected chi connectivity index (χ4v) is 6.05. The van der Waals surface area contributed by atoms with Gasteiger partial charge in [0.25, 0.3) is 5.91 Å². The van der Waals surface area contributed by atoms with Crippen LogP contribution in [0.15, 0.2) is 42.5 Å². The van der Waals surface area contributed by atoms with E-state index >= 15 is 0 Å². The summed E-state index contributed by atoms with van der Waals surface area (Å²) < 4.78 is 46.0. The number of nitrogens with zero attached hydrogens (tertiary/aromatic N) is 1. The molecule has 2 aromatic carbocycles. The maximum atomic E-state index is 14.6. The monoisotopic (exact) mass is 573 g/mol. The first-order valence-electron chi connectivity index (χ1n) is 11.8. The highest BCUT2D eigenvalue weighted by molar-refractivity contribution is 7.92. The van der Waals surface area contributed by atoms with Crippen molar-refractivity contribution < 1.29 is 32.2 Å². The van der Waals surface area contributed by atoms with E-state index in [4.69, 9.17) is 27.9 Å². The quantitative estimate of drug-likeness (QED) is 0.440. The Kier molecular flexibility index (Phi) is 8.94. The van der Waals surface area contributed by atoms with Crippen LogP contribution in [0.25, 0.3) is 0 Å². The molecule has 1 N–H and O–H groups in total. The van der Waals surface area contributed by atoms with Gasteiger partial charge in [-0.2, -0.15) is 0 Å². The minimum atomic E-state index is -3.70. The Morgan fingerprint density at radius 1 is 1.16 bits per heavy atom. The first kappa shape index (κ1) is 29.4. The zero-order valence-electron chi connectivity index (χ0n) is 20.9. The molecule has 37 heavy (non-hydrogen) atoms. The summed E-state index contributed by atoms with van der Waals surface area (Å²) in [7, 11) is -3.70. The minimum absolute atomic E-state index is 0.122. The highest BCUT2D eigenvalue weighted by Crippen LogP contribution is 2.45. The molecule has 0 unspecified atom stereocenters. The van der Waals surface area contributed by atoms with Gasteiger partial charge in [-0.3, -0.25) is 9.59 Å². The molecule has 1 amide bonds. The fourth-order valence-electron chi connectivity index (χ4n) is 4.33. The first-order chi connectivity index (χ1) is 17.2. The molecule has 0 aliphatic carbocycles. The largest absolute Gasteiger partial charge is 0.481 e.